The summed E-state index contributed by atoms with van der Waals surface area (Å²) in [5.74, 6) is 0. The largest absolute Gasteiger partial charge is 0.0619 e. The molecule has 0 N–H and O–H groups in total. The van der Waals surface area contributed by atoms with Gasteiger partial charge in [0.1, 0.15) is 0 Å². The van der Waals surface area contributed by atoms with E-state index in [4.69, 9.17) is 0 Å². The van der Waals surface area contributed by atoms with Crippen molar-refractivity contribution in [3.63, 3.8) is 0 Å². The monoisotopic (exact) mass is 434 g/mol. The Kier molecular flexibility index (Phi) is 3.92. The number of hydrogen-bond donors (Lipinski definition) is 0. The van der Waals surface area contributed by atoms with Gasteiger partial charge in [-0.2, -0.15) is 0 Å². The molecule has 0 fully saturated rings. The molecule has 162 valence electrons. The summed E-state index contributed by atoms with van der Waals surface area (Å²) >= 11 is 0. The highest BCUT2D eigenvalue weighted by atomic mass is 14.4. The summed E-state index contributed by atoms with van der Waals surface area (Å²) in [5, 5.41) is 8.01. The summed E-state index contributed by atoms with van der Waals surface area (Å²) in [7, 11) is 0. The molecule has 1 aliphatic rings. The van der Waals surface area contributed by atoms with E-state index in [9.17, 15) is 0 Å². The fourth-order valence-electron chi connectivity index (χ4n) is 6.39. The second kappa shape index (κ2) is 6.81. The SMILES string of the molecule is Cc1c2ccccc2c(-c2cc3c(c4ccccc24)-c2ccccc2C3(C)C)c2ccccc12. The van der Waals surface area contributed by atoms with Gasteiger partial charge in [0.2, 0.25) is 0 Å². The van der Waals surface area contributed by atoms with Crippen molar-refractivity contribution >= 4 is 32.3 Å². The van der Waals surface area contributed by atoms with Gasteiger partial charge in [0.25, 0.3) is 0 Å². The fraction of sp³-hybridized carbons (Fsp3) is 0.118. The summed E-state index contributed by atoms with van der Waals surface area (Å²) in [6.45, 7) is 7.01. The van der Waals surface area contributed by atoms with Crippen molar-refractivity contribution in [2.24, 2.45) is 0 Å². The van der Waals surface area contributed by atoms with E-state index >= 15 is 0 Å². The van der Waals surface area contributed by atoms with Crippen LogP contribution in [0.15, 0.2) is 103 Å². The molecule has 1 aliphatic carbocycles. The molecule has 0 spiro atoms. The minimum absolute atomic E-state index is 0.0407. The molecule has 6 aromatic carbocycles. The predicted octanol–water partition coefficient (Wildman–Crippen LogP) is 9.43. The van der Waals surface area contributed by atoms with Crippen LogP contribution in [0.25, 0.3) is 54.6 Å². The molecule has 0 aromatic heterocycles. The van der Waals surface area contributed by atoms with Crippen LogP contribution in [-0.4, -0.2) is 0 Å². The summed E-state index contributed by atoms with van der Waals surface area (Å²) in [4.78, 5) is 0. The van der Waals surface area contributed by atoms with Crippen molar-refractivity contribution in [1.82, 2.24) is 0 Å². The lowest BCUT2D eigenvalue weighted by molar-refractivity contribution is 0.661. The van der Waals surface area contributed by atoms with E-state index in [1.165, 1.54) is 71.3 Å². The van der Waals surface area contributed by atoms with Crippen LogP contribution in [0.5, 0.6) is 0 Å². The molecule has 6 aromatic rings. The van der Waals surface area contributed by atoms with Crippen LogP contribution in [0, 0.1) is 6.92 Å². The van der Waals surface area contributed by atoms with Crippen molar-refractivity contribution < 1.29 is 0 Å². The number of fused-ring (bicyclic) bond motifs is 7. The maximum atomic E-state index is 2.50. The molecule has 0 nitrogen and oxygen atoms in total. The molecule has 34 heavy (non-hydrogen) atoms. The highest BCUT2D eigenvalue weighted by Gasteiger charge is 2.37. The third-order valence-corrected chi connectivity index (χ3v) is 8.06. The van der Waals surface area contributed by atoms with Crippen LogP contribution < -0.4 is 0 Å². The van der Waals surface area contributed by atoms with E-state index in [2.05, 4.69) is 124 Å². The van der Waals surface area contributed by atoms with Gasteiger partial charge in [-0.3, -0.25) is 0 Å². The van der Waals surface area contributed by atoms with Crippen LogP contribution in [-0.2, 0) is 5.41 Å². The third kappa shape index (κ3) is 2.43. The Balaban J connectivity index is 1.71. The van der Waals surface area contributed by atoms with E-state index in [0.29, 0.717) is 0 Å². The van der Waals surface area contributed by atoms with E-state index in [1.807, 2.05) is 0 Å². The van der Waals surface area contributed by atoms with Crippen LogP contribution in [0.3, 0.4) is 0 Å². The van der Waals surface area contributed by atoms with E-state index in [1.54, 1.807) is 0 Å². The van der Waals surface area contributed by atoms with Crippen LogP contribution >= 0.6 is 0 Å². The Morgan fingerprint density at radius 1 is 0.441 bits per heavy atom. The summed E-state index contributed by atoms with van der Waals surface area (Å²) in [6, 6.07) is 38.3. The number of hydrogen-bond acceptors (Lipinski definition) is 0. The van der Waals surface area contributed by atoms with Crippen LogP contribution in [0.2, 0.25) is 0 Å². The summed E-state index contributed by atoms with van der Waals surface area (Å²) in [5.41, 5.74) is 9.63. The zero-order valence-electron chi connectivity index (χ0n) is 19.8. The smallest absolute Gasteiger partial charge is 0.0159 e. The molecule has 0 unspecified atom stereocenters. The third-order valence-electron chi connectivity index (χ3n) is 8.06. The van der Waals surface area contributed by atoms with Gasteiger partial charge >= 0.3 is 0 Å². The van der Waals surface area contributed by atoms with Crippen LogP contribution in [0.4, 0.5) is 0 Å². The Hall–Kier alpha value is -3.90. The first-order valence-corrected chi connectivity index (χ1v) is 12.1. The van der Waals surface area contributed by atoms with Gasteiger partial charge in [0.15, 0.2) is 0 Å². The number of aryl methyl sites for hydroxylation is 1. The highest BCUT2D eigenvalue weighted by molar-refractivity contribution is 6.20. The molecule has 7 rings (SSSR count). The van der Waals surface area contributed by atoms with Crippen molar-refractivity contribution in [3.05, 3.63) is 120 Å². The first-order chi connectivity index (χ1) is 16.6. The van der Waals surface area contributed by atoms with Gasteiger partial charge in [-0.15, -0.1) is 0 Å². The molecule has 0 saturated heterocycles. The first kappa shape index (κ1) is 19.6. The second-order valence-corrected chi connectivity index (χ2v) is 10.2. The molecule has 0 bridgehead atoms. The van der Waals surface area contributed by atoms with Crippen molar-refractivity contribution in [2.45, 2.75) is 26.2 Å². The maximum absolute atomic E-state index is 2.50. The molecule has 0 radical (unpaired) electrons. The average molecular weight is 435 g/mol. The van der Waals surface area contributed by atoms with Gasteiger partial charge in [0, 0.05) is 5.41 Å². The Morgan fingerprint density at radius 2 is 0.912 bits per heavy atom. The maximum Gasteiger partial charge on any atom is 0.0159 e. The zero-order chi connectivity index (χ0) is 23.0. The van der Waals surface area contributed by atoms with Gasteiger partial charge in [0.05, 0.1) is 0 Å². The molecule has 0 amide bonds. The lowest BCUT2D eigenvalue weighted by atomic mass is 9.79. The molecule has 0 aliphatic heterocycles. The Bertz CT molecular complexity index is 1730. The van der Waals surface area contributed by atoms with Gasteiger partial charge in [-0.25, -0.2) is 0 Å². The minimum atomic E-state index is -0.0407. The van der Waals surface area contributed by atoms with Gasteiger partial charge in [-0.1, -0.05) is 111 Å². The minimum Gasteiger partial charge on any atom is -0.0619 e. The lowest BCUT2D eigenvalue weighted by Gasteiger charge is -2.24. The predicted molar refractivity (Wildman–Crippen MR) is 147 cm³/mol. The zero-order valence-corrected chi connectivity index (χ0v) is 19.8. The number of benzene rings is 6. The molecule has 0 heterocycles. The molecule has 0 heteroatoms. The van der Waals surface area contributed by atoms with E-state index in [-0.39, 0.29) is 5.41 Å². The van der Waals surface area contributed by atoms with Crippen molar-refractivity contribution in [3.8, 4) is 22.3 Å². The Labute approximate surface area is 200 Å². The van der Waals surface area contributed by atoms with Crippen molar-refractivity contribution in [2.75, 3.05) is 0 Å². The fourth-order valence-corrected chi connectivity index (χ4v) is 6.39. The molecular formula is C34H26. The highest BCUT2D eigenvalue weighted by Crippen LogP contribution is 2.54. The molecular weight excluding hydrogens is 408 g/mol. The van der Waals surface area contributed by atoms with Crippen molar-refractivity contribution in [1.29, 1.82) is 0 Å². The van der Waals surface area contributed by atoms with Gasteiger partial charge < -0.3 is 0 Å². The summed E-state index contributed by atoms with van der Waals surface area (Å²) in [6.07, 6.45) is 0. The normalized spacial score (nSPS) is 14.0. The summed E-state index contributed by atoms with van der Waals surface area (Å²) < 4.78 is 0. The quantitative estimate of drug-likeness (QED) is 0.226. The Morgan fingerprint density at radius 3 is 1.53 bits per heavy atom. The lowest BCUT2D eigenvalue weighted by Crippen LogP contribution is -2.15. The van der Waals surface area contributed by atoms with E-state index in [0.717, 1.165) is 0 Å². The average Bonchev–Trinajstić information content (AvgIpc) is 3.11. The topological polar surface area (TPSA) is 0 Å². The first-order valence-electron chi connectivity index (χ1n) is 12.1. The molecule has 0 saturated carbocycles. The van der Waals surface area contributed by atoms with Gasteiger partial charge in [-0.05, 0) is 84.3 Å². The number of rotatable bonds is 1. The molecule has 0 atom stereocenters. The van der Waals surface area contributed by atoms with Crippen LogP contribution in [0.1, 0.15) is 30.5 Å². The standard InChI is InChI=1S/C34H26/c1-21-22-12-4-7-15-25(22)32(26-16-8-5-13-23(21)26)29-20-31-33(27-17-9-6-14-24(27)29)28-18-10-11-19-30(28)34(31,2)3/h4-20H,1-3H3. The second-order valence-electron chi connectivity index (χ2n) is 10.2. The van der Waals surface area contributed by atoms with E-state index < -0.39 is 0 Å².